The fraction of sp³-hybridized carbons (Fsp3) is 0.0455. The molecule has 0 aromatic heterocycles. The van der Waals surface area contributed by atoms with Crippen molar-refractivity contribution in [2.75, 3.05) is 7.05 Å². The van der Waals surface area contributed by atoms with Crippen molar-refractivity contribution in [3.63, 3.8) is 0 Å². The van der Waals surface area contributed by atoms with Gasteiger partial charge >= 0.3 is 5.97 Å². The fourth-order valence-electron chi connectivity index (χ4n) is 2.96. The summed E-state index contributed by atoms with van der Waals surface area (Å²) in [7, 11) is 1.68. The molecule has 4 rings (SSSR count). The van der Waals surface area contributed by atoms with Crippen molar-refractivity contribution in [3.8, 4) is 0 Å². The molecule has 6 heteroatoms. The largest absolute Gasteiger partial charge is 0.478 e. The molecular formula is C22H16N2O3S. The van der Waals surface area contributed by atoms with Gasteiger partial charge < -0.3 is 5.11 Å². The molecule has 1 aliphatic rings. The number of nitrogens with zero attached hydrogens (tertiary/aromatic N) is 2. The van der Waals surface area contributed by atoms with E-state index in [0.717, 1.165) is 16.3 Å². The number of fused-ring (bicyclic) bond motifs is 1. The predicted octanol–water partition coefficient (Wildman–Crippen LogP) is 4.77. The lowest BCUT2D eigenvalue weighted by Gasteiger charge is -2.07. The maximum absolute atomic E-state index is 12.7. The minimum atomic E-state index is -0.984. The second-order valence-corrected chi connectivity index (χ2v) is 7.30. The fourth-order valence-corrected chi connectivity index (χ4v) is 3.94. The SMILES string of the molecule is CN1C(=O)/C(=C/c2cccc3ccccc23)SC1=Nc1ccc(C(=O)O)cc1. The van der Waals surface area contributed by atoms with Crippen LogP contribution in [-0.4, -0.2) is 34.1 Å². The molecule has 1 fully saturated rings. The summed E-state index contributed by atoms with van der Waals surface area (Å²) in [5, 5.41) is 11.7. The molecule has 3 aromatic carbocycles. The number of rotatable bonds is 3. The van der Waals surface area contributed by atoms with Crippen LogP contribution in [0.4, 0.5) is 5.69 Å². The Kier molecular flexibility index (Phi) is 4.71. The average molecular weight is 388 g/mol. The smallest absolute Gasteiger partial charge is 0.335 e. The third-order valence-electron chi connectivity index (χ3n) is 4.45. The Labute approximate surface area is 166 Å². The number of hydrogen-bond acceptors (Lipinski definition) is 4. The molecule has 3 aromatic rings. The first kappa shape index (κ1) is 18.0. The van der Waals surface area contributed by atoms with Gasteiger partial charge in [-0.15, -0.1) is 0 Å². The van der Waals surface area contributed by atoms with E-state index in [-0.39, 0.29) is 11.5 Å². The first-order valence-corrected chi connectivity index (χ1v) is 9.42. The standard InChI is InChI=1S/C22H16N2O3S/c1-24-20(25)19(13-16-7-4-6-14-5-2-3-8-18(14)16)28-22(24)23-17-11-9-15(10-12-17)21(26)27/h2-13H,1H3,(H,26,27)/b19-13-,23-22?. The summed E-state index contributed by atoms with van der Waals surface area (Å²) in [6, 6.07) is 20.3. The Morgan fingerprint density at radius 2 is 1.75 bits per heavy atom. The normalized spacial score (nSPS) is 17.0. The first-order chi connectivity index (χ1) is 13.5. The number of benzene rings is 3. The monoisotopic (exact) mass is 388 g/mol. The van der Waals surface area contributed by atoms with Crippen LogP contribution in [0, 0.1) is 0 Å². The number of carbonyl (C=O) groups is 2. The number of carboxylic acids is 1. The highest BCUT2D eigenvalue weighted by Crippen LogP contribution is 2.34. The zero-order valence-corrected chi connectivity index (χ0v) is 15.8. The van der Waals surface area contributed by atoms with Crippen LogP contribution in [-0.2, 0) is 4.79 Å². The van der Waals surface area contributed by atoms with E-state index in [0.29, 0.717) is 15.8 Å². The molecule has 0 atom stereocenters. The molecule has 138 valence electrons. The Bertz CT molecular complexity index is 1140. The Morgan fingerprint density at radius 3 is 2.50 bits per heavy atom. The van der Waals surface area contributed by atoms with Crippen molar-refractivity contribution in [2.24, 2.45) is 4.99 Å². The summed E-state index contributed by atoms with van der Waals surface area (Å²) in [5.41, 5.74) is 1.77. The van der Waals surface area contributed by atoms with E-state index in [1.807, 2.05) is 48.5 Å². The predicted molar refractivity (Wildman–Crippen MR) is 113 cm³/mol. The van der Waals surface area contributed by atoms with E-state index in [4.69, 9.17) is 5.11 Å². The number of likely N-dealkylation sites (N-methyl/N-ethyl adjacent to an activating group) is 1. The van der Waals surface area contributed by atoms with Crippen LogP contribution in [0.3, 0.4) is 0 Å². The third-order valence-corrected chi connectivity index (χ3v) is 5.51. The maximum atomic E-state index is 12.7. The number of hydrogen-bond donors (Lipinski definition) is 1. The molecule has 1 aliphatic heterocycles. The molecule has 0 saturated carbocycles. The summed E-state index contributed by atoms with van der Waals surface area (Å²) >= 11 is 1.31. The zero-order chi connectivity index (χ0) is 19.7. The molecule has 1 amide bonds. The van der Waals surface area contributed by atoms with Crippen molar-refractivity contribution in [3.05, 3.63) is 82.8 Å². The number of aromatic carboxylic acids is 1. The molecule has 0 bridgehead atoms. The molecular weight excluding hydrogens is 372 g/mol. The Balaban J connectivity index is 1.66. The van der Waals surface area contributed by atoms with E-state index in [9.17, 15) is 9.59 Å². The van der Waals surface area contributed by atoms with E-state index in [1.54, 1.807) is 19.2 Å². The molecule has 0 spiro atoms. The lowest BCUT2D eigenvalue weighted by molar-refractivity contribution is -0.121. The number of amidine groups is 1. The zero-order valence-electron chi connectivity index (χ0n) is 15.0. The van der Waals surface area contributed by atoms with Crippen molar-refractivity contribution >= 4 is 51.3 Å². The van der Waals surface area contributed by atoms with Crippen molar-refractivity contribution < 1.29 is 14.7 Å². The van der Waals surface area contributed by atoms with Gasteiger partial charge in [0, 0.05) is 7.05 Å². The number of carbonyl (C=O) groups excluding carboxylic acids is 1. The van der Waals surface area contributed by atoms with Crippen LogP contribution in [0.1, 0.15) is 15.9 Å². The lowest BCUT2D eigenvalue weighted by Crippen LogP contribution is -2.23. The van der Waals surface area contributed by atoms with Crippen LogP contribution in [0.15, 0.2) is 76.6 Å². The molecule has 1 heterocycles. The Hall–Kier alpha value is -3.38. The summed E-state index contributed by atoms with van der Waals surface area (Å²) in [6.07, 6.45) is 1.89. The van der Waals surface area contributed by atoms with Crippen LogP contribution < -0.4 is 0 Å². The summed E-state index contributed by atoms with van der Waals surface area (Å²) < 4.78 is 0. The van der Waals surface area contributed by atoms with Crippen molar-refractivity contribution in [1.29, 1.82) is 0 Å². The van der Waals surface area contributed by atoms with Gasteiger partial charge in [-0.3, -0.25) is 9.69 Å². The van der Waals surface area contributed by atoms with Gasteiger partial charge in [0.1, 0.15) is 0 Å². The van der Waals surface area contributed by atoms with Gasteiger partial charge in [0.25, 0.3) is 5.91 Å². The van der Waals surface area contributed by atoms with Gasteiger partial charge in [-0.1, -0.05) is 42.5 Å². The second kappa shape index (κ2) is 7.32. The molecule has 1 saturated heterocycles. The van der Waals surface area contributed by atoms with E-state index >= 15 is 0 Å². The minimum Gasteiger partial charge on any atom is -0.478 e. The van der Waals surface area contributed by atoms with Gasteiger partial charge in [-0.05, 0) is 58.4 Å². The molecule has 1 N–H and O–H groups in total. The minimum absolute atomic E-state index is 0.112. The van der Waals surface area contributed by atoms with Gasteiger partial charge in [-0.2, -0.15) is 0 Å². The average Bonchev–Trinajstić information content (AvgIpc) is 2.96. The van der Waals surface area contributed by atoms with E-state index < -0.39 is 5.97 Å². The van der Waals surface area contributed by atoms with Crippen molar-refractivity contribution in [2.45, 2.75) is 0 Å². The van der Waals surface area contributed by atoms with E-state index in [2.05, 4.69) is 4.99 Å². The molecule has 0 unspecified atom stereocenters. The van der Waals surface area contributed by atoms with E-state index in [1.165, 1.54) is 28.8 Å². The molecule has 0 radical (unpaired) electrons. The highest BCUT2D eigenvalue weighted by atomic mass is 32.2. The molecule has 5 nitrogen and oxygen atoms in total. The molecule has 0 aliphatic carbocycles. The molecule has 28 heavy (non-hydrogen) atoms. The van der Waals surface area contributed by atoms with Crippen LogP contribution in [0.5, 0.6) is 0 Å². The highest BCUT2D eigenvalue weighted by Gasteiger charge is 2.30. The van der Waals surface area contributed by atoms with Crippen molar-refractivity contribution in [1.82, 2.24) is 4.90 Å². The van der Waals surface area contributed by atoms with Gasteiger partial charge in [0.15, 0.2) is 5.17 Å². The van der Waals surface area contributed by atoms with Gasteiger partial charge in [-0.25, -0.2) is 9.79 Å². The topological polar surface area (TPSA) is 70.0 Å². The van der Waals surface area contributed by atoms with Gasteiger partial charge in [0.2, 0.25) is 0 Å². The first-order valence-electron chi connectivity index (χ1n) is 8.60. The summed E-state index contributed by atoms with van der Waals surface area (Å²) in [5.74, 6) is -1.10. The van der Waals surface area contributed by atoms with Crippen LogP contribution in [0.2, 0.25) is 0 Å². The van der Waals surface area contributed by atoms with Crippen LogP contribution >= 0.6 is 11.8 Å². The number of aliphatic imine (C=N–C) groups is 1. The number of carboxylic acid groups (broad SMARTS) is 1. The third kappa shape index (κ3) is 3.42. The number of thioether (sulfide) groups is 1. The lowest BCUT2D eigenvalue weighted by atomic mass is 10.0. The summed E-state index contributed by atoms with van der Waals surface area (Å²) in [4.78, 5) is 30.2. The summed E-state index contributed by atoms with van der Waals surface area (Å²) in [6.45, 7) is 0. The van der Waals surface area contributed by atoms with Crippen LogP contribution in [0.25, 0.3) is 16.8 Å². The second-order valence-electron chi connectivity index (χ2n) is 6.29. The highest BCUT2D eigenvalue weighted by molar-refractivity contribution is 8.18. The Morgan fingerprint density at radius 1 is 1.04 bits per heavy atom. The number of amides is 1. The quantitative estimate of drug-likeness (QED) is 0.656. The maximum Gasteiger partial charge on any atom is 0.335 e. The van der Waals surface area contributed by atoms with Gasteiger partial charge in [0.05, 0.1) is 16.2 Å².